The summed E-state index contributed by atoms with van der Waals surface area (Å²) in [4.78, 5) is 12.6. The van der Waals surface area contributed by atoms with Gasteiger partial charge in [0.15, 0.2) is 11.5 Å². The van der Waals surface area contributed by atoms with Crippen LogP contribution in [-0.4, -0.2) is 19.3 Å². The van der Waals surface area contributed by atoms with Crippen molar-refractivity contribution in [2.75, 3.05) is 13.4 Å². The molecule has 1 N–H and O–H groups in total. The molecular formula is C17H13BrClNO4. The molecule has 1 amide bonds. The Kier molecular flexibility index (Phi) is 4.02. The molecule has 0 bridgehead atoms. The van der Waals surface area contributed by atoms with E-state index in [1.54, 1.807) is 12.1 Å². The highest BCUT2D eigenvalue weighted by molar-refractivity contribution is 9.10. The SMILES string of the molecule is O=C(NC1CCOc2ccc(Br)cc21)c1cc(Cl)c2c(c1)OCO2. The molecule has 124 valence electrons. The van der Waals surface area contributed by atoms with Gasteiger partial charge in [-0.15, -0.1) is 0 Å². The van der Waals surface area contributed by atoms with Crippen LogP contribution in [0.3, 0.4) is 0 Å². The van der Waals surface area contributed by atoms with Crippen LogP contribution >= 0.6 is 27.5 Å². The Morgan fingerprint density at radius 2 is 2.04 bits per heavy atom. The number of fused-ring (bicyclic) bond motifs is 2. The van der Waals surface area contributed by atoms with Gasteiger partial charge < -0.3 is 19.5 Å². The third kappa shape index (κ3) is 2.80. The third-order valence-electron chi connectivity index (χ3n) is 4.01. The molecular weight excluding hydrogens is 398 g/mol. The van der Waals surface area contributed by atoms with Crippen LogP contribution in [0, 0.1) is 0 Å². The lowest BCUT2D eigenvalue weighted by Crippen LogP contribution is -2.32. The Morgan fingerprint density at radius 1 is 1.17 bits per heavy atom. The number of amides is 1. The summed E-state index contributed by atoms with van der Waals surface area (Å²) in [7, 11) is 0. The zero-order valence-electron chi connectivity index (χ0n) is 12.5. The molecule has 7 heteroatoms. The van der Waals surface area contributed by atoms with Crippen LogP contribution in [0.15, 0.2) is 34.8 Å². The van der Waals surface area contributed by atoms with E-state index in [0.717, 1.165) is 15.8 Å². The summed E-state index contributed by atoms with van der Waals surface area (Å²) in [5, 5.41) is 3.41. The summed E-state index contributed by atoms with van der Waals surface area (Å²) in [6, 6.07) is 8.89. The minimum absolute atomic E-state index is 0.113. The highest BCUT2D eigenvalue weighted by atomic mass is 79.9. The van der Waals surface area contributed by atoms with Gasteiger partial charge >= 0.3 is 0 Å². The Balaban J connectivity index is 1.60. The molecule has 24 heavy (non-hydrogen) atoms. The minimum atomic E-state index is -0.215. The minimum Gasteiger partial charge on any atom is -0.493 e. The first kappa shape index (κ1) is 15.6. The van der Waals surface area contributed by atoms with Crippen molar-refractivity contribution in [3.63, 3.8) is 0 Å². The zero-order valence-corrected chi connectivity index (χ0v) is 14.8. The second kappa shape index (κ2) is 6.18. The van der Waals surface area contributed by atoms with E-state index >= 15 is 0 Å². The molecule has 0 radical (unpaired) electrons. The largest absolute Gasteiger partial charge is 0.493 e. The van der Waals surface area contributed by atoms with Gasteiger partial charge in [-0.25, -0.2) is 0 Å². The van der Waals surface area contributed by atoms with Crippen LogP contribution in [0.1, 0.15) is 28.4 Å². The molecule has 0 saturated carbocycles. The van der Waals surface area contributed by atoms with Gasteiger partial charge in [0, 0.05) is 22.0 Å². The van der Waals surface area contributed by atoms with E-state index < -0.39 is 0 Å². The van der Waals surface area contributed by atoms with Crippen molar-refractivity contribution in [3.05, 3.63) is 51.0 Å². The van der Waals surface area contributed by atoms with Crippen LogP contribution in [0.4, 0.5) is 0 Å². The van der Waals surface area contributed by atoms with E-state index in [1.807, 2.05) is 18.2 Å². The summed E-state index contributed by atoms with van der Waals surface area (Å²) in [5.41, 5.74) is 1.39. The quantitative estimate of drug-likeness (QED) is 0.810. The molecule has 5 nitrogen and oxygen atoms in total. The predicted octanol–water partition coefficient (Wildman–Crippen LogP) is 4.08. The summed E-state index contributed by atoms with van der Waals surface area (Å²) in [5.74, 6) is 1.54. The fourth-order valence-corrected chi connectivity index (χ4v) is 3.50. The summed E-state index contributed by atoms with van der Waals surface area (Å²) < 4.78 is 17.2. The van der Waals surface area contributed by atoms with Crippen LogP contribution in [0.5, 0.6) is 17.2 Å². The molecule has 2 heterocycles. The Labute approximate surface area is 152 Å². The molecule has 0 fully saturated rings. The number of hydrogen-bond donors (Lipinski definition) is 1. The lowest BCUT2D eigenvalue weighted by atomic mass is 10.00. The van der Waals surface area contributed by atoms with Gasteiger partial charge in [-0.3, -0.25) is 4.79 Å². The normalized spacial score (nSPS) is 17.8. The average Bonchev–Trinajstić information content (AvgIpc) is 3.04. The molecule has 4 rings (SSSR count). The smallest absolute Gasteiger partial charge is 0.251 e. The summed E-state index contributed by atoms with van der Waals surface area (Å²) in [6.45, 7) is 0.670. The summed E-state index contributed by atoms with van der Waals surface area (Å²) >= 11 is 9.61. The first-order chi connectivity index (χ1) is 11.6. The number of halogens is 2. The van der Waals surface area contributed by atoms with Gasteiger partial charge in [0.05, 0.1) is 17.7 Å². The Hall–Kier alpha value is -1.92. The number of carbonyl (C=O) groups excluding carboxylic acids is 1. The molecule has 2 aromatic carbocycles. The van der Waals surface area contributed by atoms with Crippen molar-refractivity contribution >= 4 is 33.4 Å². The second-order valence-electron chi connectivity index (χ2n) is 5.54. The van der Waals surface area contributed by atoms with Gasteiger partial charge in [-0.2, -0.15) is 0 Å². The van der Waals surface area contributed by atoms with Crippen LogP contribution < -0.4 is 19.5 Å². The number of benzene rings is 2. The van der Waals surface area contributed by atoms with Gasteiger partial charge in [-0.1, -0.05) is 27.5 Å². The maximum absolute atomic E-state index is 12.6. The molecule has 0 aromatic heterocycles. The highest BCUT2D eigenvalue weighted by Crippen LogP contribution is 2.40. The number of ether oxygens (including phenoxy) is 3. The number of hydrogen-bond acceptors (Lipinski definition) is 4. The monoisotopic (exact) mass is 409 g/mol. The fraction of sp³-hybridized carbons (Fsp3) is 0.235. The molecule has 1 atom stereocenters. The van der Waals surface area contributed by atoms with Crippen LogP contribution in [0.25, 0.3) is 0 Å². The van der Waals surface area contributed by atoms with Gasteiger partial charge in [0.2, 0.25) is 6.79 Å². The number of nitrogens with one attached hydrogen (secondary N) is 1. The molecule has 2 aromatic rings. The fourth-order valence-electron chi connectivity index (χ4n) is 2.86. The molecule has 2 aliphatic rings. The molecule has 1 unspecified atom stereocenters. The van der Waals surface area contributed by atoms with E-state index in [-0.39, 0.29) is 18.7 Å². The van der Waals surface area contributed by atoms with Crippen molar-refractivity contribution in [2.24, 2.45) is 0 Å². The third-order valence-corrected chi connectivity index (χ3v) is 4.78. The lowest BCUT2D eigenvalue weighted by molar-refractivity contribution is 0.0924. The number of rotatable bonds is 2. The summed E-state index contributed by atoms with van der Waals surface area (Å²) in [6.07, 6.45) is 0.702. The van der Waals surface area contributed by atoms with Gasteiger partial charge in [-0.05, 0) is 30.3 Å². The predicted molar refractivity (Wildman–Crippen MR) is 92.0 cm³/mol. The molecule has 0 spiro atoms. The van der Waals surface area contributed by atoms with E-state index in [2.05, 4.69) is 21.2 Å². The Bertz CT molecular complexity index is 826. The maximum Gasteiger partial charge on any atom is 0.251 e. The average molecular weight is 411 g/mol. The maximum atomic E-state index is 12.6. The van der Waals surface area contributed by atoms with Gasteiger partial charge in [0.1, 0.15) is 5.75 Å². The van der Waals surface area contributed by atoms with Crippen molar-refractivity contribution < 1.29 is 19.0 Å². The first-order valence-corrected chi connectivity index (χ1v) is 8.61. The topological polar surface area (TPSA) is 56.8 Å². The van der Waals surface area contributed by atoms with Gasteiger partial charge in [0.25, 0.3) is 5.91 Å². The van der Waals surface area contributed by atoms with E-state index in [4.69, 9.17) is 25.8 Å². The van der Waals surface area contributed by atoms with Crippen molar-refractivity contribution in [2.45, 2.75) is 12.5 Å². The standard InChI is InChI=1S/C17H13BrClNO4/c18-10-1-2-14-11(7-10)13(3-4-22-14)20-17(21)9-5-12(19)16-15(6-9)23-8-24-16/h1-2,5-7,13H,3-4,8H2,(H,20,21). The molecule has 0 saturated heterocycles. The van der Waals surface area contributed by atoms with E-state index in [0.29, 0.717) is 35.1 Å². The van der Waals surface area contributed by atoms with Crippen molar-refractivity contribution in [1.82, 2.24) is 5.32 Å². The van der Waals surface area contributed by atoms with E-state index in [1.165, 1.54) is 0 Å². The molecule has 0 aliphatic carbocycles. The van der Waals surface area contributed by atoms with Crippen molar-refractivity contribution in [3.8, 4) is 17.2 Å². The second-order valence-corrected chi connectivity index (χ2v) is 6.86. The number of carbonyl (C=O) groups is 1. The van der Waals surface area contributed by atoms with Crippen molar-refractivity contribution in [1.29, 1.82) is 0 Å². The van der Waals surface area contributed by atoms with E-state index in [9.17, 15) is 4.79 Å². The highest BCUT2D eigenvalue weighted by Gasteiger charge is 2.26. The first-order valence-electron chi connectivity index (χ1n) is 7.44. The lowest BCUT2D eigenvalue weighted by Gasteiger charge is -2.27. The zero-order chi connectivity index (χ0) is 16.7. The van der Waals surface area contributed by atoms with Crippen LogP contribution in [-0.2, 0) is 0 Å². The molecule has 2 aliphatic heterocycles. The van der Waals surface area contributed by atoms with Crippen LogP contribution in [0.2, 0.25) is 5.02 Å². The Morgan fingerprint density at radius 3 is 2.92 bits per heavy atom.